The zero-order valence-electron chi connectivity index (χ0n) is 11.0. The van der Waals surface area contributed by atoms with E-state index in [0.717, 1.165) is 6.42 Å². The highest BCUT2D eigenvalue weighted by molar-refractivity contribution is 5.90. The minimum atomic E-state index is -0.832. The normalized spacial score (nSPS) is 18.9. The molecule has 1 aliphatic rings. The highest BCUT2D eigenvalue weighted by atomic mass is 19.1. The van der Waals surface area contributed by atoms with E-state index in [1.165, 1.54) is 24.3 Å². The molecule has 5 nitrogen and oxygen atoms in total. The number of hydrogen-bond donors (Lipinski definition) is 2. The Hall–Kier alpha value is -1.95. The van der Waals surface area contributed by atoms with Crippen molar-refractivity contribution in [2.75, 3.05) is 18.4 Å². The van der Waals surface area contributed by atoms with Gasteiger partial charge in [-0.3, -0.25) is 14.5 Å². The Bertz CT molecular complexity index is 490. The van der Waals surface area contributed by atoms with E-state index < -0.39 is 12.0 Å². The third-order valence-electron chi connectivity index (χ3n) is 3.40. The van der Waals surface area contributed by atoms with Gasteiger partial charge >= 0.3 is 5.97 Å². The Kier molecular flexibility index (Phi) is 4.68. The van der Waals surface area contributed by atoms with Gasteiger partial charge < -0.3 is 10.4 Å². The molecule has 1 heterocycles. The number of carboxylic acid groups (broad SMARTS) is 1. The molecule has 0 bridgehead atoms. The zero-order valence-corrected chi connectivity index (χ0v) is 11.0. The number of carboxylic acids is 1. The molecule has 1 amide bonds. The Morgan fingerprint density at radius 3 is 2.70 bits per heavy atom. The first kappa shape index (κ1) is 14.5. The summed E-state index contributed by atoms with van der Waals surface area (Å²) in [5.41, 5.74) is 0.535. The van der Waals surface area contributed by atoms with Crippen LogP contribution >= 0.6 is 0 Å². The number of carbonyl (C=O) groups is 2. The second kappa shape index (κ2) is 6.47. The van der Waals surface area contributed by atoms with Crippen LogP contribution in [0.15, 0.2) is 24.3 Å². The number of halogens is 1. The van der Waals surface area contributed by atoms with Crippen molar-refractivity contribution in [1.82, 2.24) is 4.90 Å². The maximum Gasteiger partial charge on any atom is 0.320 e. The molecule has 1 aromatic carbocycles. The summed E-state index contributed by atoms with van der Waals surface area (Å²) in [7, 11) is 0. The highest BCUT2D eigenvalue weighted by Gasteiger charge is 2.30. The third-order valence-corrected chi connectivity index (χ3v) is 3.40. The number of rotatable bonds is 5. The molecule has 0 aliphatic carbocycles. The zero-order chi connectivity index (χ0) is 14.5. The maximum atomic E-state index is 12.7. The molecular weight excluding hydrogens is 263 g/mol. The van der Waals surface area contributed by atoms with E-state index in [1.54, 1.807) is 0 Å². The first-order valence-electron chi connectivity index (χ1n) is 6.58. The summed E-state index contributed by atoms with van der Waals surface area (Å²) in [5.74, 6) is -1.39. The van der Waals surface area contributed by atoms with Gasteiger partial charge in [-0.05, 0) is 43.7 Å². The van der Waals surface area contributed by atoms with Crippen molar-refractivity contribution in [2.45, 2.75) is 25.3 Å². The predicted molar refractivity (Wildman–Crippen MR) is 71.9 cm³/mol. The average Bonchev–Trinajstić information content (AvgIpc) is 2.88. The monoisotopic (exact) mass is 280 g/mol. The van der Waals surface area contributed by atoms with E-state index in [1.807, 2.05) is 4.90 Å². The summed E-state index contributed by atoms with van der Waals surface area (Å²) < 4.78 is 12.7. The van der Waals surface area contributed by atoms with Crippen molar-refractivity contribution in [2.24, 2.45) is 0 Å². The van der Waals surface area contributed by atoms with Crippen LogP contribution in [0.25, 0.3) is 0 Å². The van der Waals surface area contributed by atoms with Gasteiger partial charge in [0.1, 0.15) is 11.9 Å². The Morgan fingerprint density at radius 1 is 1.35 bits per heavy atom. The molecule has 2 rings (SSSR count). The lowest BCUT2D eigenvalue weighted by molar-refractivity contribution is -0.142. The van der Waals surface area contributed by atoms with Crippen LogP contribution in [-0.2, 0) is 9.59 Å². The second-order valence-corrected chi connectivity index (χ2v) is 4.84. The van der Waals surface area contributed by atoms with Crippen molar-refractivity contribution in [3.8, 4) is 0 Å². The lowest BCUT2D eigenvalue weighted by Gasteiger charge is -2.20. The van der Waals surface area contributed by atoms with E-state index in [9.17, 15) is 14.0 Å². The number of nitrogens with one attached hydrogen (secondary N) is 1. The van der Waals surface area contributed by atoms with Crippen LogP contribution in [0, 0.1) is 5.82 Å². The molecule has 1 aromatic rings. The summed E-state index contributed by atoms with van der Waals surface area (Å²) in [6.07, 6.45) is 1.70. The molecule has 1 atom stereocenters. The number of hydrogen-bond acceptors (Lipinski definition) is 3. The van der Waals surface area contributed by atoms with E-state index >= 15 is 0 Å². The minimum Gasteiger partial charge on any atom is -0.480 e. The summed E-state index contributed by atoms with van der Waals surface area (Å²) in [4.78, 5) is 24.6. The van der Waals surface area contributed by atoms with Crippen LogP contribution in [0.3, 0.4) is 0 Å². The molecule has 6 heteroatoms. The lowest BCUT2D eigenvalue weighted by atomic mass is 10.2. The van der Waals surface area contributed by atoms with Gasteiger partial charge in [0, 0.05) is 18.7 Å². The molecule has 0 spiro atoms. The minimum absolute atomic E-state index is 0.201. The van der Waals surface area contributed by atoms with Crippen molar-refractivity contribution < 1.29 is 19.1 Å². The molecule has 0 unspecified atom stereocenters. The standard InChI is InChI=1S/C14H17FN2O3/c15-10-3-5-11(6-4-10)16-13(18)7-9-17-8-1-2-12(17)14(19)20/h3-6,12H,1-2,7-9H2,(H,16,18)(H,19,20)/t12-/m1/s1. The number of nitrogens with zero attached hydrogens (tertiary/aromatic N) is 1. The largest absolute Gasteiger partial charge is 0.480 e. The van der Waals surface area contributed by atoms with E-state index in [2.05, 4.69) is 5.32 Å². The van der Waals surface area contributed by atoms with Crippen LogP contribution in [0.5, 0.6) is 0 Å². The fourth-order valence-corrected chi connectivity index (χ4v) is 2.38. The second-order valence-electron chi connectivity index (χ2n) is 4.84. The van der Waals surface area contributed by atoms with E-state index in [0.29, 0.717) is 25.2 Å². The fourth-order valence-electron chi connectivity index (χ4n) is 2.38. The van der Waals surface area contributed by atoms with Gasteiger partial charge in [0.25, 0.3) is 0 Å². The molecule has 1 aliphatic heterocycles. The van der Waals surface area contributed by atoms with E-state index in [4.69, 9.17) is 5.11 Å². The molecule has 0 aromatic heterocycles. The van der Waals surface area contributed by atoms with Crippen molar-refractivity contribution in [1.29, 1.82) is 0 Å². The molecule has 1 fully saturated rings. The van der Waals surface area contributed by atoms with Gasteiger partial charge in [0.2, 0.25) is 5.91 Å². The first-order chi connectivity index (χ1) is 9.56. The summed E-state index contributed by atoms with van der Waals surface area (Å²) in [6, 6.07) is 5.05. The SMILES string of the molecule is O=C(CCN1CCC[C@@H]1C(=O)O)Nc1ccc(F)cc1. The van der Waals surface area contributed by atoms with Crippen LogP contribution in [0.4, 0.5) is 10.1 Å². The number of anilines is 1. The molecule has 20 heavy (non-hydrogen) atoms. The van der Waals surface area contributed by atoms with Crippen molar-refractivity contribution in [3.05, 3.63) is 30.1 Å². The van der Waals surface area contributed by atoms with E-state index in [-0.39, 0.29) is 18.1 Å². The van der Waals surface area contributed by atoms with Crippen LogP contribution < -0.4 is 5.32 Å². The Morgan fingerprint density at radius 2 is 2.05 bits per heavy atom. The smallest absolute Gasteiger partial charge is 0.320 e. The molecular formula is C14H17FN2O3. The highest BCUT2D eigenvalue weighted by Crippen LogP contribution is 2.17. The van der Waals surface area contributed by atoms with Gasteiger partial charge in [-0.15, -0.1) is 0 Å². The molecule has 2 N–H and O–H groups in total. The number of carbonyl (C=O) groups excluding carboxylic acids is 1. The molecule has 1 saturated heterocycles. The number of likely N-dealkylation sites (tertiary alicyclic amines) is 1. The third kappa shape index (κ3) is 3.77. The summed E-state index contributed by atoms with van der Waals surface area (Å²) in [6.45, 7) is 1.13. The molecule has 0 saturated carbocycles. The number of aliphatic carboxylic acids is 1. The first-order valence-corrected chi connectivity index (χ1v) is 6.58. The number of amides is 1. The Labute approximate surface area is 116 Å². The topological polar surface area (TPSA) is 69.6 Å². The van der Waals surface area contributed by atoms with Gasteiger partial charge in [-0.1, -0.05) is 0 Å². The fraction of sp³-hybridized carbons (Fsp3) is 0.429. The van der Waals surface area contributed by atoms with Gasteiger partial charge in [0.15, 0.2) is 0 Å². The van der Waals surface area contributed by atoms with Crippen LogP contribution in [-0.4, -0.2) is 41.0 Å². The van der Waals surface area contributed by atoms with Crippen molar-refractivity contribution in [3.63, 3.8) is 0 Å². The van der Waals surface area contributed by atoms with Gasteiger partial charge in [0.05, 0.1) is 0 Å². The van der Waals surface area contributed by atoms with Gasteiger partial charge in [-0.25, -0.2) is 4.39 Å². The van der Waals surface area contributed by atoms with Gasteiger partial charge in [-0.2, -0.15) is 0 Å². The molecule has 108 valence electrons. The quantitative estimate of drug-likeness (QED) is 0.861. The number of benzene rings is 1. The maximum absolute atomic E-state index is 12.7. The Balaban J connectivity index is 1.80. The van der Waals surface area contributed by atoms with Crippen molar-refractivity contribution >= 4 is 17.6 Å². The average molecular weight is 280 g/mol. The molecule has 0 radical (unpaired) electrons. The lowest BCUT2D eigenvalue weighted by Crippen LogP contribution is -2.37. The van der Waals surface area contributed by atoms with Crippen LogP contribution in [0.2, 0.25) is 0 Å². The summed E-state index contributed by atoms with van der Waals surface area (Å²) in [5, 5.41) is 11.7. The van der Waals surface area contributed by atoms with Crippen LogP contribution in [0.1, 0.15) is 19.3 Å². The predicted octanol–water partition coefficient (Wildman–Crippen LogP) is 1.70. The summed E-state index contributed by atoms with van der Waals surface area (Å²) >= 11 is 0.